The van der Waals surface area contributed by atoms with Crippen molar-refractivity contribution in [3.63, 3.8) is 0 Å². The van der Waals surface area contributed by atoms with E-state index >= 15 is 0 Å². The molecule has 3 aliphatic rings. The van der Waals surface area contributed by atoms with Gasteiger partial charge in [-0.05, 0) is 35.7 Å². The summed E-state index contributed by atoms with van der Waals surface area (Å²) in [4.78, 5) is 2.52. The molecule has 2 heterocycles. The number of nitrogens with zero attached hydrogens (tertiary/aromatic N) is 1. The standard InChI is InChI=1S/C17H17N/c1-18-11-16-13-7-3-2-6-12(13)10-17(18)15-9-5-4-8-14(15)16/h2-9,16-17H,10-11H2,1H3/t16-,17+/m0/s1. The van der Waals surface area contributed by atoms with Crippen molar-refractivity contribution in [3.8, 4) is 0 Å². The Morgan fingerprint density at radius 1 is 0.889 bits per heavy atom. The molecule has 2 atom stereocenters. The molecule has 5 rings (SSSR count). The van der Waals surface area contributed by atoms with E-state index in [0.717, 1.165) is 13.0 Å². The largest absolute Gasteiger partial charge is 0.298 e. The number of hydrogen-bond acceptors (Lipinski definition) is 1. The van der Waals surface area contributed by atoms with E-state index in [1.54, 1.807) is 5.56 Å². The van der Waals surface area contributed by atoms with Gasteiger partial charge in [0.25, 0.3) is 0 Å². The van der Waals surface area contributed by atoms with Crippen molar-refractivity contribution in [1.82, 2.24) is 4.90 Å². The fourth-order valence-electron chi connectivity index (χ4n) is 3.68. The minimum absolute atomic E-state index is 0.557. The smallest absolute Gasteiger partial charge is 0.0388 e. The van der Waals surface area contributed by atoms with Crippen molar-refractivity contribution >= 4 is 0 Å². The molecule has 0 unspecified atom stereocenters. The highest BCUT2D eigenvalue weighted by atomic mass is 15.1. The predicted octanol–water partition coefficient (Wildman–Crippen LogP) is 3.36. The molecule has 0 spiro atoms. The molecule has 18 heavy (non-hydrogen) atoms. The first-order chi connectivity index (χ1) is 8.84. The molecule has 2 aliphatic heterocycles. The van der Waals surface area contributed by atoms with Gasteiger partial charge in [0.15, 0.2) is 0 Å². The van der Waals surface area contributed by atoms with Gasteiger partial charge in [0.2, 0.25) is 0 Å². The first-order valence-corrected chi connectivity index (χ1v) is 6.71. The minimum atomic E-state index is 0.557. The Hall–Kier alpha value is -1.60. The quantitative estimate of drug-likeness (QED) is 0.677. The molecule has 0 fully saturated rings. The van der Waals surface area contributed by atoms with E-state index in [1.807, 2.05) is 0 Å². The molecule has 2 aromatic rings. The average Bonchev–Trinajstić information content (AvgIpc) is 2.64. The number of hydrogen-bond donors (Lipinski definition) is 0. The third-order valence-electron chi connectivity index (χ3n) is 4.58. The summed E-state index contributed by atoms with van der Waals surface area (Å²) in [6.45, 7) is 1.15. The summed E-state index contributed by atoms with van der Waals surface area (Å²) in [7, 11) is 2.26. The zero-order valence-electron chi connectivity index (χ0n) is 10.6. The molecule has 1 heteroatoms. The summed E-state index contributed by atoms with van der Waals surface area (Å²) < 4.78 is 0. The van der Waals surface area contributed by atoms with Gasteiger partial charge in [-0.15, -0.1) is 0 Å². The topological polar surface area (TPSA) is 3.24 Å². The van der Waals surface area contributed by atoms with Crippen molar-refractivity contribution in [2.24, 2.45) is 0 Å². The summed E-state index contributed by atoms with van der Waals surface area (Å²) in [6.07, 6.45) is 1.15. The number of fused-ring (bicyclic) bond motifs is 1. The van der Waals surface area contributed by atoms with Gasteiger partial charge in [-0.2, -0.15) is 0 Å². The van der Waals surface area contributed by atoms with Crippen molar-refractivity contribution < 1.29 is 0 Å². The van der Waals surface area contributed by atoms with Crippen LogP contribution in [0.4, 0.5) is 0 Å². The van der Waals surface area contributed by atoms with Gasteiger partial charge in [-0.1, -0.05) is 48.5 Å². The van der Waals surface area contributed by atoms with E-state index in [-0.39, 0.29) is 0 Å². The van der Waals surface area contributed by atoms with Crippen LogP contribution in [0.3, 0.4) is 0 Å². The van der Waals surface area contributed by atoms with Gasteiger partial charge in [-0.3, -0.25) is 4.90 Å². The van der Waals surface area contributed by atoms with Gasteiger partial charge < -0.3 is 0 Å². The van der Waals surface area contributed by atoms with Crippen LogP contribution in [0, 0.1) is 0 Å². The second kappa shape index (κ2) is 3.69. The molecular weight excluding hydrogens is 218 g/mol. The highest BCUT2D eigenvalue weighted by Crippen LogP contribution is 2.44. The van der Waals surface area contributed by atoms with Gasteiger partial charge in [0.1, 0.15) is 0 Å². The lowest BCUT2D eigenvalue weighted by atomic mass is 9.85. The molecule has 0 N–H and O–H groups in total. The van der Waals surface area contributed by atoms with Crippen LogP contribution in [0.25, 0.3) is 0 Å². The summed E-state index contributed by atoms with van der Waals surface area (Å²) in [5, 5.41) is 0. The average molecular weight is 235 g/mol. The van der Waals surface area contributed by atoms with E-state index in [2.05, 4.69) is 60.5 Å². The molecular formula is C17H17N. The Kier molecular flexibility index (Phi) is 2.12. The Balaban J connectivity index is 2.00. The number of rotatable bonds is 0. The molecule has 90 valence electrons. The van der Waals surface area contributed by atoms with Crippen LogP contribution in [0.5, 0.6) is 0 Å². The maximum Gasteiger partial charge on any atom is 0.0388 e. The van der Waals surface area contributed by atoms with Crippen LogP contribution in [0.15, 0.2) is 48.5 Å². The second-order valence-corrected chi connectivity index (χ2v) is 5.54. The highest BCUT2D eigenvalue weighted by molar-refractivity contribution is 5.48. The molecule has 0 saturated carbocycles. The zero-order valence-corrected chi connectivity index (χ0v) is 10.6. The lowest BCUT2D eigenvalue weighted by Crippen LogP contribution is -2.33. The molecule has 0 aromatic heterocycles. The van der Waals surface area contributed by atoms with E-state index in [9.17, 15) is 0 Å². The highest BCUT2D eigenvalue weighted by Gasteiger charge is 2.36. The van der Waals surface area contributed by atoms with Crippen LogP contribution >= 0.6 is 0 Å². The lowest BCUT2D eigenvalue weighted by molar-refractivity contribution is 0.227. The SMILES string of the molecule is CN1C[C@H]2c3ccccc3C[C@@H]1c1ccccc12. The second-order valence-electron chi connectivity index (χ2n) is 5.54. The van der Waals surface area contributed by atoms with E-state index in [4.69, 9.17) is 0 Å². The number of benzene rings is 2. The Morgan fingerprint density at radius 3 is 2.39 bits per heavy atom. The molecule has 0 saturated heterocycles. The first-order valence-electron chi connectivity index (χ1n) is 6.71. The van der Waals surface area contributed by atoms with E-state index < -0.39 is 0 Å². The Morgan fingerprint density at radius 2 is 1.56 bits per heavy atom. The fourth-order valence-corrected chi connectivity index (χ4v) is 3.68. The summed E-state index contributed by atoms with van der Waals surface area (Å²) >= 11 is 0. The van der Waals surface area contributed by atoms with E-state index in [1.165, 1.54) is 16.7 Å². The molecule has 1 aliphatic carbocycles. The summed E-state index contributed by atoms with van der Waals surface area (Å²) in [5.41, 5.74) is 6.16. The first kappa shape index (κ1) is 10.3. The monoisotopic (exact) mass is 235 g/mol. The third kappa shape index (κ3) is 1.31. The van der Waals surface area contributed by atoms with Crippen LogP contribution in [0.1, 0.15) is 34.2 Å². The molecule has 0 radical (unpaired) electrons. The van der Waals surface area contributed by atoms with Gasteiger partial charge in [0, 0.05) is 18.5 Å². The zero-order chi connectivity index (χ0) is 12.1. The molecule has 2 aromatic carbocycles. The maximum atomic E-state index is 2.52. The van der Waals surface area contributed by atoms with Crippen molar-refractivity contribution in [3.05, 3.63) is 70.8 Å². The minimum Gasteiger partial charge on any atom is -0.298 e. The molecule has 1 nitrogen and oxygen atoms in total. The fraction of sp³-hybridized carbons (Fsp3) is 0.294. The van der Waals surface area contributed by atoms with Crippen LogP contribution < -0.4 is 0 Å². The van der Waals surface area contributed by atoms with Crippen molar-refractivity contribution in [2.45, 2.75) is 18.4 Å². The summed E-state index contributed by atoms with van der Waals surface area (Å²) in [6, 6.07) is 18.5. The maximum absolute atomic E-state index is 2.52. The van der Waals surface area contributed by atoms with Crippen LogP contribution in [0.2, 0.25) is 0 Å². The van der Waals surface area contributed by atoms with Gasteiger partial charge in [0.05, 0.1) is 0 Å². The predicted molar refractivity (Wildman–Crippen MR) is 73.8 cm³/mol. The number of likely N-dealkylation sites (N-methyl/N-ethyl adjacent to an activating group) is 1. The Labute approximate surface area is 108 Å². The van der Waals surface area contributed by atoms with Crippen LogP contribution in [-0.2, 0) is 6.42 Å². The normalized spacial score (nSPS) is 25.4. The lowest BCUT2D eigenvalue weighted by Gasteiger charge is -2.36. The van der Waals surface area contributed by atoms with Gasteiger partial charge >= 0.3 is 0 Å². The van der Waals surface area contributed by atoms with Crippen LogP contribution in [-0.4, -0.2) is 18.5 Å². The van der Waals surface area contributed by atoms with Crippen molar-refractivity contribution in [1.29, 1.82) is 0 Å². The van der Waals surface area contributed by atoms with Gasteiger partial charge in [-0.25, -0.2) is 0 Å². The third-order valence-corrected chi connectivity index (χ3v) is 4.58. The molecule has 0 amide bonds. The van der Waals surface area contributed by atoms with Crippen molar-refractivity contribution in [2.75, 3.05) is 13.6 Å². The summed E-state index contributed by atoms with van der Waals surface area (Å²) in [5.74, 6) is 0.557. The van der Waals surface area contributed by atoms with E-state index in [0.29, 0.717) is 12.0 Å². The molecule has 2 bridgehead atoms. The Bertz CT molecular complexity index is 602.